The lowest BCUT2D eigenvalue weighted by molar-refractivity contribution is -0.119. The number of hydrogen-bond acceptors (Lipinski definition) is 4. The van der Waals surface area contributed by atoms with Crippen LogP contribution in [-0.4, -0.2) is 29.7 Å². The highest BCUT2D eigenvalue weighted by Crippen LogP contribution is 2.57. The fraction of sp³-hybridized carbons (Fsp3) is 0.833. The monoisotopic (exact) mass is 297 g/mol. The van der Waals surface area contributed by atoms with Crippen molar-refractivity contribution in [2.75, 3.05) is 14.2 Å². The summed E-state index contributed by atoms with van der Waals surface area (Å²) >= 11 is 16.7. The number of hydrogen-bond donors (Lipinski definition) is 1. The molecule has 0 aliphatic heterocycles. The van der Waals surface area contributed by atoms with Crippen LogP contribution in [-0.2, 0) is 18.4 Å². The summed E-state index contributed by atoms with van der Waals surface area (Å²) < 4.78 is 19.2. The fourth-order valence-corrected chi connectivity index (χ4v) is 3.33. The normalized spacial score (nSPS) is 14.8. The van der Waals surface area contributed by atoms with E-state index in [-0.39, 0.29) is 0 Å². The van der Waals surface area contributed by atoms with Crippen molar-refractivity contribution in [1.29, 1.82) is 0 Å². The molecule has 0 aromatic carbocycles. The van der Waals surface area contributed by atoms with Crippen LogP contribution in [0.3, 0.4) is 0 Å². The van der Waals surface area contributed by atoms with E-state index >= 15 is 0 Å². The summed E-state index contributed by atoms with van der Waals surface area (Å²) in [4.78, 5) is 10.9. The molecule has 0 bridgehead atoms. The molecule has 0 aromatic rings. The van der Waals surface area contributed by atoms with Gasteiger partial charge in [0.2, 0.25) is 9.70 Å². The molecule has 0 aromatic heterocycles. The molecule has 9 heteroatoms. The van der Waals surface area contributed by atoms with Gasteiger partial charge in [-0.15, -0.1) is 0 Å². The van der Waals surface area contributed by atoms with Gasteiger partial charge in [0.05, 0.1) is 0 Å². The Morgan fingerprint density at radius 2 is 1.73 bits per heavy atom. The van der Waals surface area contributed by atoms with E-state index in [1.54, 1.807) is 0 Å². The molecule has 0 fully saturated rings. The third-order valence-electron chi connectivity index (χ3n) is 1.48. The van der Waals surface area contributed by atoms with E-state index in [2.05, 4.69) is 14.4 Å². The zero-order chi connectivity index (χ0) is 12.3. The van der Waals surface area contributed by atoms with E-state index in [1.165, 1.54) is 6.92 Å². The van der Waals surface area contributed by atoms with Gasteiger partial charge in [0.25, 0.3) is 0 Å². The van der Waals surface area contributed by atoms with Gasteiger partial charge in [-0.2, -0.15) is 0 Å². The minimum atomic E-state index is -3.69. The van der Waals surface area contributed by atoms with Crippen molar-refractivity contribution in [3.8, 4) is 0 Å². The van der Waals surface area contributed by atoms with E-state index in [4.69, 9.17) is 34.8 Å². The Morgan fingerprint density at radius 3 is 1.93 bits per heavy atom. The number of nitrogens with one attached hydrogen (secondary N) is 1. The molecule has 90 valence electrons. The summed E-state index contributed by atoms with van der Waals surface area (Å²) in [6.07, 6.45) is 0. The Labute approximate surface area is 103 Å². The average Bonchev–Trinajstić information content (AvgIpc) is 2.11. The first-order chi connectivity index (χ1) is 6.67. The topological polar surface area (TPSA) is 64.6 Å². The molecule has 0 unspecified atom stereocenters. The summed E-state index contributed by atoms with van der Waals surface area (Å²) in [5.41, 5.74) is 0. The maximum atomic E-state index is 11.9. The molecule has 0 saturated carbocycles. The van der Waals surface area contributed by atoms with Crippen LogP contribution < -0.4 is 5.32 Å². The molecule has 0 rings (SSSR count). The summed E-state index contributed by atoms with van der Waals surface area (Å²) in [5.74, 6) is -1.87. The van der Waals surface area contributed by atoms with Crippen LogP contribution in [0.1, 0.15) is 6.92 Å². The quantitative estimate of drug-likeness (QED) is 0.639. The molecule has 0 heterocycles. The van der Waals surface area contributed by atoms with Crippen molar-refractivity contribution in [2.24, 2.45) is 0 Å². The van der Waals surface area contributed by atoms with E-state index < -0.39 is 23.1 Å². The zero-order valence-electron chi connectivity index (χ0n) is 8.29. The standard InChI is InChI=1S/C6H11Cl3NO4P/c1-4(11)10-5(6(7,8)9)15(12,13-2)14-3/h5H,1-3H3,(H,10,11)/t5-/m1/s1. The van der Waals surface area contributed by atoms with Crippen molar-refractivity contribution in [1.82, 2.24) is 5.32 Å². The van der Waals surface area contributed by atoms with Crippen LogP contribution in [0.15, 0.2) is 0 Å². The van der Waals surface area contributed by atoms with Crippen molar-refractivity contribution in [3.05, 3.63) is 0 Å². The lowest BCUT2D eigenvalue weighted by atomic mass is 10.6. The Balaban J connectivity index is 5.10. The Kier molecular flexibility index (Phi) is 5.90. The maximum Gasteiger partial charge on any atom is 0.356 e. The molecular formula is C6H11Cl3NO4P. The number of alkyl halides is 3. The van der Waals surface area contributed by atoms with Crippen LogP contribution >= 0.6 is 42.4 Å². The maximum absolute atomic E-state index is 11.9. The van der Waals surface area contributed by atoms with Crippen LogP contribution in [0.5, 0.6) is 0 Å². The Hall–Kier alpha value is 0.490. The van der Waals surface area contributed by atoms with Gasteiger partial charge < -0.3 is 14.4 Å². The third kappa shape index (κ3) is 4.47. The second-order valence-electron chi connectivity index (χ2n) is 2.55. The molecule has 0 aliphatic rings. The zero-order valence-corrected chi connectivity index (χ0v) is 11.5. The molecule has 0 radical (unpaired) electrons. The highest BCUT2D eigenvalue weighted by molar-refractivity contribution is 7.55. The minimum Gasteiger partial charge on any atom is -0.339 e. The lowest BCUT2D eigenvalue weighted by Crippen LogP contribution is -2.43. The first-order valence-corrected chi connectivity index (χ1v) is 6.47. The van der Waals surface area contributed by atoms with Crippen molar-refractivity contribution in [3.63, 3.8) is 0 Å². The molecule has 1 amide bonds. The van der Waals surface area contributed by atoms with Gasteiger partial charge in [-0.05, 0) is 0 Å². The highest BCUT2D eigenvalue weighted by Gasteiger charge is 2.48. The summed E-state index contributed by atoms with van der Waals surface area (Å²) in [6.45, 7) is 1.19. The number of amides is 1. The molecular weight excluding hydrogens is 287 g/mol. The van der Waals surface area contributed by atoms with Crippen LogP contribution in [0.4, 0.5) is 0 Å². The predicted octanol–water partition coefficient (Wildman–Crippen LogP) is 2.30. The minimum absolute atomic E-state index is 0.513. The smallest absolute Gasteiger partial charge is 0.339 e. The van der Waals surface area contributed by atoms with E-state index in [1.807, 2.05) is 0 Å². The van der Waals surface area contributed by atoms with Gasteiger partial charge in [-0.3, -0.25) is 9.36 Å². The van der Waals surface area contributed by atoms with Gasteiger partial charge in [0.1, 0.15) is 0 Å². The SMILES string of the molecule is COP(=O)(OC)[C@@H](NC(C)=O)C(Cl)(Cl)Cl. The second-order valence-corrected chi connectivity index (χ2v) is 7.24. The van der Waals surface area contributed by atoms with E-state index in [0.29, 0.717) is 0 Å². The number of halogens is 3. The summed E-state index contributed by atoms with van der Waals surface area (Å²) in [7, 11) is -1.43. The summed E-state index contributed by atoms with van der Waals surface area (Å²) in [5, 5.41) is 2.21. The Bertz CT molecular complexity index is 272. The predicted molar refractivity (Wildman–Crippen MR) is 59.5 cm³/mol. The first kappa shape index (κ1) is 15.5. The van der Waals surface area contributed by atoms with Gasteiger partial charge in [0.15, 0.2) is 5.78 Å². The van der Waals surface area contributed by atoms with Gasteiger partial charge >= 0.3 is 7.60 Å². The molecule has 1 atom stereocenters. The first-order valence-electron chi connectivity index (χ1n) is 3.72. The van der Waals surface area contributed by atoms with Gasteiger partial charge in [0, 0.05) is 21.1 Å². The van der Waals surface area contributed by atoms with Crippen LogP contribution in [0.2, 0.25) is 0 Å². The number of rotatable bonds is 4. The molecule has 15 heavy (non-hydrogen) atoms. The van der Waals surface area contributed by atoms with E-state index in [0.717, 1.165) is 14.2 Å². The average molecular weight is 298 g/mol. The van der Waals surface area contributed by atoms with Gasteiger partial charge in [-0.1, -0.05) is 34.8 Å². The van der Waals surface area contributed by atoms with Crippen molar-refractivity contribution < 1.29 is 18.4 Å². The number of carbonyl (C=O) groups excluding carboxylic acids is 1. The molecule has 1 N–H and O–H groups in total. The lowest BCUT2D eigenvalue weighted by Gasteiger charge is -2.29. The van der Waals surface area contributed by atoms with E-state index in [9.17, 15) is 9.36 Å². The van der Waals surface area contributed by atoms with Crippen LogP contribution in [0.25, 0.3) is 0 Å². The van der Waals surface area contributed by atoms with Crippen molar-refractivity contribution in [2.45, 2.75) is 16.5 Å². The molecule has 0 saturated heterocycles. The largest absolute Gasteiger partial charge is 0.356 e. The fourth-order valence-electron chi connectivity index (χ4n) is 0.818. The molecule has 5 nitrogen and oxygen atoms in total. The number of carbonyl (C=O) groups is 1. The second kappa shape index (κ2) is 5.71. The van der Waals surface area contributed by atoms with Crippen LogP contribution in [0, 0.1) is 0 Å². The Morgan fingerprint density at radius 1 is 1.33 bits per heavy atom. The third-order valence-corrected chi connectivity index (χ3v) is 4.75. The summed E-state index contributed by atoms with van der Waals surface area (Å²) in [6, 6.07) is 0. The van der Waals surface area contributed by atoms with Gasteiger partial charge in [-0.25, -0.2) is 0 Å². The van der Waals surface area contributed by atoms with Crippen molar-refractivity contribution >= 4 is 48.3 Å². The highest BCUT2D eigenvalue weighted by atomic mass is 35.6. The molecule has 0 aliphatic carbocycles. The molecule has 0 spiro atoms.